The molecule has 10 nitrogen and oxygen atoms in total. The van der Waals surface area contributed by atoms with Gasteiger partial charge in [-0.3, -0.25) is 9.80 Å². The number of H-pyrrole nitrogens is 2. The van der Waals surface area contributed by atoms with Gasteiger partial charge in [-0.15, -0.1) is 0 Å². The van der Waals surface area contributed by atoms with Crippen molar-refractivity contribution in [3.63, 3.8) is 0 Å². The summed E-state index contributed by atoms with van der Waals surface area (Å²) in [6.45, 7) is 12.1. The van der Waals surface area contributed by atoms with Crippen LogP contribution in [0.25, 0.3) is 44.5 Å². The van der Waals surface area contributed by atoms with E-state index in [0.717, 1.165) is 88.3 Å². The molecule has 0 radical (unpaired) electrons. The lowest BCUT2D eigenvalue weighted by atomic mass is 9.98. The number of rotatable bonds is 5. The van der Waals surface area contributed by atoms with Gasteiger partial charge in [-0.2, -0.15) is 0 Å². The van der Waals surface area contributed by atoms with Crippen LogP contribution in [0.1, 0.15) is 97.4 Å². The third-order valence-corrected chi connectivity index (χ3v) is 10.5. The molecule has 3 aromatic carbocycles. The molecule has 2 bridgehead atoms. The third kappa shape index (κ3) is 6.66. The van der Waals surface area contributed by atoms with Gasteiger partial charge in [-0.1, -0.05) is 54.6 Å². The number of aromatic amines is 2. The summed E-state index contributed by atoms with van der Waals surface area (Å²) < 4.78 is 11.5. The Morgan fingerprint density at radius 2 is 1.35 bits per heavy atom. The molecule has 1 aliphatic carbocycles. The highest BCUT2D eigenvalue weighted by atomic mass is 16.6. The molecule has 5 aromatic rings. The molecule has 3 aliphatic rings. The topological polar surface area (TPSA) is 116 Å². The molecule has 0 spiro atoms. The average molecular weight is 701 g/mol. The zero-order valence-electron chi connectivity index (χ0n) is 30.9. The fourth-order valence-electron chi connectivity index (χ4n) is 8.21. The standard InChI is InChI=1S/C42H48N6O4/c1-41(2,3)51-39(49)47-21-7-8-35(47)37-43-24-34(46-37)28-15-13-26(14-16-28)25-9-11-27(12-10-25)29-18-20-32-33(23-29)45-38(44-32)36-30-17-19-31(22-30)48(36)40(50)52-42(4,5)6/h9-16,18,20,23-24,30-31,35-36H,7-8,17,19,21-22H2,1-6H3,(H,43,46)(H,44,45)/t30-,31-,35+,36+/m1/s1. The molecule has 52 heavy (non-hydrogen) atoms. The third-order valence-electron chi connectivity index (χ3n) is 10.5. The van der Waals surface area contributed by atoms with Crippen LogP contribution in [0.15, 0.2) is 72.9 Å². The van der Waals surface area contributed by atoms with Gasteiger partial charge in [-0.25, -0.2) is 19.6 Å². The average Bonchev–Trinajstić information content (AvgIpc) is 3.94. The first-order valence-corrected chi connectivity index (χ1v) is 18.6. The van der Waals surface area contributed by atoms with E-state index < -0.39 is 11.2 Å². The number of likely N-dealkylation sites (tertiary alicyclic amines) is 2. The van der Waals surface area contributed by atoms with Crippen molar-refractivity contribution in [3.8, 4) is 33.5 Å². The minimum Gasteiger partial charge on any atom is -0.444 e. The zero-order valence-corrected chi connectivity index (χ0v) is 30.9. The summed E-state index contributed by atoms with van der Waals surface area (Å²) in [5, 5.41) is 0. The van der Waals surface area contributed by atoms with Crippen molar-refractivity contribution in [2.45, 2.75) is 103 Å². The maximum absolute atomic E-state index is 13.3. The van der Waals surface area contributed by atoms with Gasteiger partial charge in [0.1, 0.15) is 22.9 Å². The highest BCUT2D eigenvalue weighted by Gasteiger charge is 2.51. The molecule has 4 heterocycles. The zero-order chi connectivity index (χ0) is 36.4. The van der Waals surface area contributed by atoms with E-state index in [0.29, 0.717) is 12.5 Å². The molecule has 2 N–H and O–H groups in total. The van der Waals surface area contributed by atoms with Crippen molar-refractivity contribution in [3.05, 3.63) is 84.6 Å². The van der Waals surface area contributed by atoms with E-state index in [1.54, 1.807) is 4.90 Å². The number of piperidine rings is 1. The van der Waals surface area contributed by atoms with Gasteiger partial charge in [0.15, 0.2) is 0 Å². The number of fused-ring (bicyclic) bond motifs is 3. The maximum atomic E-state index is 13.3. The van der Waals surface area contributed by atoms with Crippen molar-refractivity contribution in [2.24, 2.45) is 5.92 Å². The summed E-state index contributed by atoms with van der Waals surface area (Å²) >= 11 is 0. The van der Waals surface area contributed by atoms with Crippen LogP contribution >= 0.6 is 0 Å². The molecule has 8 rings (SSSR count). The summed E-state index contributed by atoms with van der Waals surface area (Å²) in [5.74, 6) is 2.03. The largest absolute Gasteiger partial charge is 0.444 e. The number of hydrogen-bond acceptors (Lipinski definition) is 6. The van der Waals surface area contributed by atoms with Gasteiger partial charge in [0.05, 0.1) is 35.0 Å². The number of hydrogen-bond donors (Lipinski definition) is 2. The summed E-state index contributed by atoms with van der Waals surface area (Å²) in [4.78, 5) is 46.5. The quantitative estimate of drug-likeness (QED) is 0.189. The minimum absolute atomic E-state index is 0.0905. The van der Waals surface area contributed by atoms with E-state index >= 15 is 0 Å². The van der Waals surface area contributed by atoms with Gasteiger partial charge in [0.25, 0.3) is 0 Å². The van der Waals surface area contributed by atoms with Crippen molar-refractivity contribution in [2.75, 3.05) is 6.54 Å². The molecule has 1 saturated carbocycles. The van der Waals surface area contributed by atoms with Gasteiger partial charge < -0.3 is 19.4 Å². The molecule has 4 atom stereocenters. The van der Waals surface area contributed by atoms with Crippen LogP contribution in [0, 0.1) is 5.92 Å². The lowest BCUT2D eigenvalue weighted by molar-refractivity contribution is 0.00616. The monoisotopic (exact) mass is 700 g/mol. The number of carbonyl (C=O) groups excluding carboxylic acids is 2. The summed E-state index contributed by atoms with van der Waals surface area (Å²) in [7, 11) is 0. The van der Waals surface area contributed by atoms with Crippen molar-refractivity contribution < 1.29 is 19.1 Å². The Labute approximate surface area is 304 Å². The van der Waals surface area contributed by atoms with E-state index in [1.807, 2.05) is 52.6 Å². The smallest absolute Gasteiger partial charge is 0.411 e. The molecule has 3 fully saturated rings. The Balaban J connectivity index is 0.957. The second kappa shape index (κ2) is 12.8. The van der Waals surface area contributed by atoms with Crippen LogP contribution in [-0.4, -0.2) is 65.7 Å². The van der Waals surface area contributed by atoms with Gasteiger partial charge >= 0.3 is 12.2 Å². The summed E-state index contributed by atoms with van der Waals surface area (Å²) in [5.41, 5.74) is 7.21. The number of benzene rings is 3. The van der Waals surface area contributed by atoms with Crippen LogP contribution in [0.2, 0.25) is 0 Å². The number of carbonyl (C=O) groups is 2. The predicted molar refractivity (Wildman–Crippen MR) is 201 cm³/mol. The molecule has 2 aromatic heterocycles. The van der Waals surface area contributed by atoms with Crippen LogP contribution in [0.3, 0.4) is 0 Å². The molecule has 2 aliphatic heterocycles. The number of ether oxygens (including phenoxy) is 2. The minimum atomic E-state index is -0.541. The van der Waals surface area contributed by atoms with Crippen LogP contribution in [-0.2, 0) is 9.47 Å². The van der Waals surface area contributed by atoms with E-state index in [4.69, 9.17) is 14.5 Å². The first kappa shape index (κ1) is 34.0. The van der Waals surface area contributed by atoms with E-state index in [-0.39, 0.29) is 30.3 Å². The normalized spacial score (nSPS) is 21.7. The van der Waals surface area contributed by atoms with E-state index in [1.165, 1.54) is 0 Å². The van der Waals surface area contributed by atoms with Crippen LogP contribution in [0.4, 0.5) is 9.59 Å². The number of nitrogens with one attached hydrogen (secondary N) is 2. The summed E-state index contributed by atoms with van der Waals surface area (Å²) in [6.07, 6.45) is 6.21. The molecule has 10 heteroatoms. The predicted octanol–water partition coefficient (Wildman–Crippen LogP) is 9.82. The highest BCUT2D eigenvalue weighted by molar-refractivity contribution is 5.83. The molecule has 270 valence electrons. The fourth-order valence-corrected chi connectivity index (χ4v) is 8.21. The lowest BCUT2D eigenvalue weighted by Gasteiger charge is -2.35. The Bertz CT molecular complexity index is 2100. The van der Waals surface area contributed by atoms with E-state index in [2.05, 4.69) is 81.7 Å². The van der Waals surface area contributed by atoms with Gasteiger partial charge in [-0.05, 0) is 120 Å². The van der Waals surface area contributed by atoms with Crippen molar-refractivity contribution in [1.29, 1.82) is 0 Å². The van der Waals surface area contributed by atoms with Crippen LogP contribution in [0.5, 0.6) is 0 Å². The molecular weight excluding hydrogens is 652 g/mol. The second-order valence-corrected chi connectivity index (χ2v) is 16.6. The molecular formula is C42H48N6O4. The van der Waals surface area contributed by atoms with E-state index in [9.17, 15) is 9.59 Å². The van der Waals surface area contributed by atoms with Crippen LogP contribution < -0.4 is 0 Å². The Kier molecular flexibility index (Phi) is 8.38. The summed E-state index contributed by atoms with van der Waals surface area (Å²) in [6, 6.07) is 23.4. The lowest BCUT2D eigenvalue weighted by Crippen LogP contribution is -2.43. The number of aromatic nitrogens is 4. The maximum Gasteiger partial charge on any atom is 0.411 e. The SMILES string of the molecule is CC(C)(C)OC(=O)N1CCC[C@H]1c1ncc(-c2ccc(-c3ccc(-c4ccc5nc([C@@H]6[C@@H]7CC[C@H](C7)N6C(=O)OC(C)(C)C)[nH]c5c4)cc3)cc2)[nH]1. The highest BCUT2D eigenvalue weighted by Crippen LogP contribution is 2.50. The molecule has 0 unspecified atom stereocenters. The number of imidazole rings is 2. The number of nitrogens with zero attached hydrogens (tertiary/aromatic N) is 4. The Morgan fingerprint density at radius 3 is 2.02 bits per heavy atom. The first-order valence-electron chi connectivity index (χ1n) is 18.6. The second-order valence-electron chi connectivity index (χ2n) is 16.6. The van der Waals surface area contributed by atoms with Gasteiger partial charge in [0.2, 0.25) is 0 Å². The van der Waals surface area contributed by atoms with Gasteiger partial charge in [0, 0.05) is 12.6 Å². The first-order chi connectivity index (χ1) is 24.8. The fraction of sp³-hybridized carbons (Fsp3) is 0.429. The number of amides is 2. The Morgan fingerprint density at radius 1 is 0.731 bits per heavy atom. The molecule has 2 amide bonds. The van der Waals surface area contributed by atoms with Crippen molar-refractivity contribution in [1.82, 2.24) is 29.7 Å². The molecule has 2 saturated heterocycles. The Hall–Kier alpha value is -5.12. The van der Waals surface area contributed by atoms with Crippen molar-refractivity contribution >= 4 is 23.2 Å².